The Hall–Kier alpha value is -3.35. The lowest BCUT2D eigenvalue weighted by atomic mass is 10.1. The van der Waals surface area contributed by atoms with Gasteiger partial charge in [0.2, 0.25) is 5.91 Å². The first-order chi connectivity index (χ1) is 13.1. The number of nitrogens with zero attached hydrogens (tertiary/aromatic N) is 1. The average Bonchev–Trinajstić information content (AvgIpc) is 2.70. The van der Waals surface area contributed by atoms with Crippen molar-refractivity contribution >= 4 is 17.8 Å². The van der Waals surface area contributed by atoms with Crippen molar-refractivity contribution in [2.75, 3.05) is 20.1 Å². The Bertz CT molecular complexity index is 773. The second-order valence-electron chi connectivity index (χ2n) is 5.93. The highest BCUT2D eigenvalue weighted by atomic mass is 16.2. The molecule has 0 heterocycles. The van der Waals surface area contributed by atoms with E-state index in [1.165, 1.54) is 5.56 Å². The van der Waals surface area contributed by atoms with E-state index in [9.17, 15) is 9.59 Å². The predicted molar refractivity (Wildman–Crippen MR) is 106 cm³/mol. The number of guanidine groups is 1. The molecule has 0 spiro atoms. The summed E-state index contributed by atoms with van der Waals surface area (Å²) in [7, 11) is 1.73. The minimum absolute atomic E-state index is 0.173. The van der Waals surface area contributed by atoms with E-state index in [1.807, 2.05) is 30.3 Å². The van der Waals surface area contributed by atoms with Gasteiger partial charge in [-0.05, 0) is 29.7 Å². The molecule has 0 bridgehead atoms. The zero-order valence-electron chi connectivity index (χ0n) is 15.4. The molecule has 0 aromatic heterocycles. The largest absolute Gasteiger partial charge is 0.368 e. The minimum Gasteiger partial charge on any atom is -0.368 e. The molecule has 5 N–H and O–H groups in total. The molecule has 142 valence electrons. The first kappa shape index (κ1) is 20.0. The molecular formula is C20H25N5O2. The molecule has 27 heavy (non-hydrogen) atoms. The summed E-state index contributed by atoms with van der Waals surface area (Å²) in [5.41, 5.74) is 7.77. The summed E-state index contributed by atoms with van der Waals surface area (Å²) in [6.45, 7) is 1.18. The van der Waals surface area contributed by atoms with Gasteiger partial charge in [0.15, 0.2) is 5.96 Å². The summed E-state index contributed by atoms with van der Waals surface area (Å²) >= 11 is 0. The second kappa shape index (κ2) is 10.6. The fraction of sp³-hybridized carbons (Fsp3) is 0.250. The van der Waals surface area contributed by atoms with Crippen LogP contribution in [0.4, 0.5) is 0 Å². The zero-order valence-corrected chi connectivity index (χ0v) is 15.4. The van der Waals surface area contributed by atoms with Gasteiger partial charge in [-0.15, -0.1) is 0 Å². The number of carbonyl (C=O) groups excluding carboxylic acids is 2. The fourth-order valence-corrected chi connectivity index (χ4v) is 2.42. The van der Waals surface area contributed by atoms with Crippen LogP contribution in [0.25, 0.3) is 0 Å². The number of nitrogens with one attached hydrogen (secondary N) is 3. The number of rotatable bonds is 8. The van der Waals surface area contributed by atoms with Crippen molar-refractivity contribution in [1.29, 1.82) is 0 Å². The quantitative estimate of drug-likeness (QED) is 0.409. The summed E-state index contributed by atoms with van der Waals surface area (Å²) in [4.78, 5) is 26.8. The van der Waals surface area contributed by atoms with Gasteiger partial charge in [0.1, 0.15) is 0 Å². The van der Waals surface area contributed by atoms with Gasteiger partial charge in [0.25, 0.3) is 5.91 Å². The van der Waals surface area contributed by atoms with Crippen LogP contribution in [-0.2, 0) is 17.8 Å². The summed E-state index contributed by atoms with van der Waals surface area (Å²) in [6.07, 6.45) is 0.913. The number of hydrogen-bond donors (Lipinski definition) is 4. The van der Waals surface area contributed by atoms with Crippen molar-refractivity contribution in [2.24, 2.45) is 10.7 Å². The Morgan fingerprint density at radius 2 is 1.63 bits per heavy atom. The van der Waals surface area contributed by atoms with Gasteiger partial charge >= 0.3 is 0 Å². The van der Waals surface area contributed by atoms with Crippen LogP contribution in [0.15, 0.2) is 59.6 Å². The molecule has 0 fully saturated rings. The van der Waals surface area contributed by atoms with Gasteiger partial charge in [-0.2, -0.15) is 0 Å². The molecule has 0 aliphatic carbocycles. The lowest BCUT2D eigenvalue weighted by Gasteiger charge is -2.12. The Morgan fingerprint density at radius 1 is 0.926 bits per heavy atom. The molecule has 0 saturated heterocycles. The normalized spacial score (nSPS) is 10.9. The van der Waals surface area contributed by atoms with Gasteiger partial charge in [-0.25, -0.2) is 0 Å². The van der Waals surface area contributed by atoms with E-state index in [-0.39, 0.29) is 12.5 Å². The van der Waals surface area contributed by atoms with Crippen molar-refractivity contribution < 1.29 is 9.59 Å². The minimum atomic E-state index is -0.574. The zero-order chi connectivity index (χ0) is 19.5. The summed E-state index contributed by atoms with van der Waals surface area (Å²) in [6, 6.07) is 17.4. The monoisotopic (exact) mass is 367 g/mol. The fourth-order valence-electron chi connectivity index (χ4n) is 2.42. The van der Waals surface area contributed by atoms with E-state index >= 15 is 0 Å². The molecule has 2 aromatic rings. The molecule has 0 radical (unpaired) electrons. The van der Waals surface area contributed by atoms with Crippen molar-refractivity contribution in [2.45, 2.75) is 13.0 Å². The molecule has 0 aliphatic rings. The maximum absolute atomic E-state index is 11.8. The van der Waals surface area contributed by atoms with Crippen LogP contribution in [-0.4, -0.2) is 37.9 Å². The Balaban J connectivity index is 1.77. The Labute approximate surface area is 159 Å². The number of aliphatic imine (C=N–C) groups is 1. The van der Waals surface area contributed by atoms with Crippen LogP contribution >= 0.6 is 0 Å². The molecule has 2 aromatic carbocycles. The van der Waals surface area contributed by atoms with Crippen LogP contribution < -0.4 is 21.7 Å². The first-order valence-corrected chi connectivity index (χ1v) is 8.72. The van der Waals surface area contributed by atoms with E-state index in [4.69, 9.17) is 5.73 Å². The van der Waals surface area contributed by atoms with Gasteiger partial charge in [-0.1, -0.05) is 42.5 Å². The summed E-state index contributed by atoms with van der Waals surface area (Å²) in [5, 5.41) is 8.97. The standard InChI is InChI=1S/C20H25N5O2/c1-22-20(23-12-11-15-5-3-2-4-6-15)25-13-16-7-9-17(10-8-16)19(27)24-14-18(21)26/h2-10H,11-14H2,1H3,(H2,21,26)(H,24,27)(H2,22,23,25). The highest BCUT2D eigenvalue weighted by molar-refractivity contribution is 5.96. The molecule has 0 atom stereocenters. The van der Waals surface area contributed by atoms with Crippen molar-refractivity contribution in [3.8, 4) is 0 Å². The van der Waals surface area contributed by atoms with Crippen LogP contribution in [0, 0.1) is 0 Å². The molecular weight excluding hydrogens is 342 g/mol. The number of carbonyl (C=O) groups is 2. The Kier molecular flexibility index (Phi) is 7.84. The van der Waals surface area contributed by atoms with Gasteiger partial charge in [0, 0.05) is 25.7 Å². The lowest BCUT2D eigenvalue weighted by Crippen LogP contribution is -2.37. The molecule has 0 aliphatic heterocycles. The summed E-state index contributed by atoms with van der Waals surface area (Å²) in [5.74, 6) is -0.184. The number of benzene rings is 2. The molecule has 0 saturated carbocycles. The van der Waals surface area contributed by atoms with Crippen LogP contribution in [0.2, 0.25) is 0 Å². The van der Waals surface area contributed by atoms with Gasteiger partial charge < -0.3 is 21.7 Å². The van der Waals surface area contributed by atoms with E-state index in [1.54, 1.807) is 19.2 Å². The van der Waals surface area contributed by atoms with Gasteiger partial charge in [-0.3, -0.25) is 14.6 Å². The van der Waals surface area contributed by atoms with Crippen LogP contribution in [0.1, 0.15) is 21.5 Å². The first-order valence-electron chi connectivity index (χ1n) is 8.72. The Morgan fingerprint density at radius 3 is 2.26 bits per heavy atom. The third-order valence-electron chi connectivity index (χ3n) is 3.87. The lowest BCUT2D eigenvalue weighted by molar-refractivity contribution is -0.117. The van der Waals surface area contributed by atoms with Crippen molar-refractivity contribution in [3.05, 3.63) is 71.3 Å². The highest BCUT2D eigenvalue weighted by Gasteiger charge is 2.06. The third-order valence-corrected chi connectivity index (χ3v) is 3.87. The number of amides is 2. The predicted octanol–water partition coefficient (Wildman–Crippen LogP) is 0.809. The smallest absolute Gasteiger partial charge is 0.251 e. The molecule has 0 unspecified atom stereocenters. The average molecular weight is 367 g/mol. The molecule has 2 amide bonds. The van der Waals surface area contributed by atoms with Crippen LogP contribution in [0.5, 0.6) is 0 Å². The second-order valence-corrected chi connectivity index (χ2v) is 5.93. The molecule has 7 heteroatoms. The summed E-state index contributed by atoms with van der Waals surface area (Å²) < 4.78 is 0. The van der Waals surface area contributed by atoms with Crippen LogP contribution in [0.3, 0.4) is 0 Å². The molecule has 2 rings (SSSR count). The molecule has 7 nitrogen and oxygen atoms in total. The van der Waals surface area contributed by atoms with Crippen molar-refractivity contribution in [1.82, 2.24) is 16.0 Å². The SMILES string of the molecule is CN=C(NCCc1ccccc1)NCc1ccc(C(=O)NCC(N)=O)cc1. The number of nitrogens with two attached hydrogens (primary N) is 1. The number of primary amides is 1. The van der Waals surface area contributed by atoms with E-state index in [2.05, 4.69) is 33.1 Å². The maximum atomic E-state index is 11.8. The van der Waals surface area contributed by atoms with E-state index in [0.717, 1.165) is 18.5 Å². The van der Waals surface area contributed by atoms with E-state index in [0.29, 0.717) is 18.1 Å². The van der Waals surface area contributed by atoms with E-state index < -0.39 is 5.91 Å². The highest BCUT2D eigenvalue weighted by Crippen LogP contribution is 2.04. The van der Waals surface area contributed by atoms with Crippen molar-refractivity contribution in [3.63, 3.8) is 0 Å². The van der Waals surface area contributed by atoms with Gasteiger partial charge in [0.05, 0.1) is 6.54 Å². The number of hydrogen-bond acceptors (Lipinski definition) is 3. The third kappa shape index (κ3) is 7.19. The topological polar surface area (TPSA) is 109 Å². The maximum Gasteiger partial charge on any atom is 0.251 e.